The van der Waals surface area contributed by atoms with Crippen LogP contribution < -0.4 is 10.1 Å². The Hall–Kier alpha value is -1.81. The quantitative estimate of drug-likeness (QED) is 0.914. The first kappa shape index (κ1) is 12.9. The summed E-state index contributed by atoms with van der Waals surface area (Å²) in [6, 6.07) is 8.94. The molecule has 1 aromatic carbocycles. The molecule has 1 N–H and O–H groups in total. The van der Waals surface area contributed by atoms with Crippen LogP contribution in [-0.2, 0) is 4.74 Å². The fraction of sp³-hybridized carbons (Fsp3) is 0.471. The molecule has 0 amide bonds. The maximum absolute atomic E-state index is 5.97. The second kappa shape index (κ2) is 5.53. The fourth-order valence-corrected chi connectivity index (χ4v) is 2.82. The number of aromatic nitrogens is 1. The third-order valence-corrected chi connectivity index (χ3v) is 4.12. The van der Waals surface area contributed by atoms with Crippen LogP contribution in [-0.4, -0.2) is 30.3 Å². The van der Waals surface area contributed by atoms with Gasteiger partial charge in [-0.25, -0.2) is 4.98 Å². The van der Waals surface area contributed by atoms with E-state index in [1.807, 2.05) is 12.3 Å². The molecule has 4 heteroatoms. The normalized spacial score (nSPS) is 21.6. The van der Waals surface area contributed by atoms with Crippen molar-refractivity contribution in [2.24, 2.45) is 0 Å². The minimum atomic E-state index is 0.214. The van der Waals surface area contributed by atoms with Crippen molar-refractivity contribution in [1.82, 2.24) is 4.98 Å². The first-order valence-electron chi connectivity index (χ1n) is 7.79. The van der Waals surface area contributed by atoms with Gasteiger partial charge in [0.2, 0.25) is 5.88 Å². The number of anilines is 1. The lowest BCUT2D eigenvalue weighted by molar-refractivity contribution is 0.0669. The van der Waals surface area contributed by atoms with E-state index in [9.17, 15) is 0 Å². The van der Waals surface area contributed by atoms with Crippen LogP contribution in [0.3, 0.4) is 0 Å². The van der Waals surface area contributed by atoms with Crippen molar-refractivity contribution in [3.8, 4) is 5.88 Å². The van der Waals surface area contributed by atoms with Crippen LogP contribution in [0.1, 0.15) is 25.7 Å². The van der Waals surface area contributed by atoms with Crippen molar-refractivity contribution in [2.75, 3.05) is 18.5 Å². The van der Waals surface area contributed by atoms with E-state index in [1.165, 1.54) is 12.8 Å². The molecule has 4 nitrogen and oxygen atoms in total. The number of ether oxygens (including phenoxy) is 2. The molecule has 2 aliphatic rings. The summed E-state index contributed by atoms with van der Waals surface area (Å²) >= 11 is 0. The summed E-state index contributed by atoms with van der Waals surface area (Å²) in [7, 11) is 0. The molecule has 1 aliphatic heterocycles. The van der Waals surface area contributed by atoms with Crippen molar-refractivity contribution in [3.63, 3.8) is 0 Å². The molecule has 2 fully saturated rings. The zero-order chi connectivity index (χ0) is 14.1. The van der Waals surface area contributed by atoms with Crippen molar-refractivity contribution >= 4 is 16.5 Å². The van der Waals surface area contributed by atoms with E-state index in [-0.39, 0.29) is 6.10 Å². The number of nitrogens with one attached hydrogen (secondary N) is 1. The highest BCUT2D eigenvalue weighted by Gasteiger charge is 2.23. The van der Waals surface area contributed by atoms with Gasteiger partial charge in [0.15, 0.2) is 0 Å². The summed E-state index contributed by atoms with van der Waals surface area (Å²) in [6.07, 6.45) is 6.74. The topological polar surface area (TPSA) is 43.4 Å². The van der Waals surface area contributed by atoms with E-state index >= 15 is 0 Å². The summed E-state index contributed by atoms with van der Waals surface area (Å²) in [5.74, 6) is 0.715. The molecular weight excluding hydrogens is 264 g/mol. The number of nitrogens with zero attached hydrogens (tertiary/aromatic N) is 1. The summed E-state index contributed by atoms with van der Waals surface area (Å²) in [6.45, 7) is 1.44. The monoisotopic (exact) mass is 284 g/mol. The molecule has 1 unspecified atom stereocenters. The van der Waals surface area contributed by atoms with Gasteiger partial charge in [-0.3, -0.25) is 0 Å². The highest BCUT2D eigenvalue weighted by molar-refractivity contribution is 5.97. The minimum absolute atomic E-state index is 0.214. The molecule has 0 radical (unpaired) electrons. The van der Waals surface area contributed by atoms with Crippen molar-refractivity contribution in [1.29, 1.82) is 0 Å². The number of hydrogen-bond donors (Lipinski definition) is 1. The molecule has 0 bridgehead atoms. The number of benzene rings is 1. The second-order valence-corrected chi connectivity index (χ2v) is 5.88. The maximum Gasteiger partial charge on any atom is 0.223 e. The predicted molar refractivity (Wildman–Crippen MR) is 82.9 cm³/mol. The van der Waals surface area contributed by atoms with E-state index in [1.54, 1.807) is 0 Å². The zero-order valence-corrected chi connectivity index (χ0v) is 12.0. The first-order chi connectivity index (χ1) is 10.4. The van der Waals surface area contributed by atoms with Gasteiger partial charge in [-0.1, -0.05) is 12.1 Å². The standard InChI is InChI=1S/C17H20N2O2/c1-3-12-8-9-18-17(21-11-14-4-2-10-20-14)16(12)15(5-1)19-13-6-7-13/h1,3,5,8-9,13-14,19H,2,4,6-7,10-11H2. The van der Waals surface area contributed by atoms with Crippen molar-refractivity contribution in [3.05, 3.63) is 30.5 Å². The predicted octanol–water partition coefficient (Wildman–Crippen LogP) is 3.37. The average molecular weight is 284 g/mol. The van der Waals surface area contributed by atoms with E-state index < -0.39 is 0 Å². The fourth-order valence-electron chi connectivity index (χ4n) is 2.82. The largest absolute Gasteiger partial charge is 0.474 e. The van der Waals surface area contributed by atoms with Crippen LogP contribution in [0.5, 0.6) is 5.88 Å². The number of fused-ring (bicyclic) bond motifs is 1. The van der Waals surface area contributed by atoms with Crippen LogP contribution in [0, 0.1) is 0 Å². The van der Waals surface area contributed by atoms with Crippen LogP contribution in [0.15, 0.2) is 30.5 Å². The van der Waals surface area contributed by atoms with E-state index in [4.69, 9.17) is 9.47 Å². The van der Waals surface area contributed by atoms with Gasteiger partial charge in [0, 0.05) is 24.5 Å². The van der Waals surface area contributed by atoms with Crippen molar-refractivity contribution < 1.29 is 9.47 Å². The molecule has 1 saturated heterocycles. The zero-order valence-electron chi connectivity index (χ0n) is 12.0. The first-order valence-corrected chi connectivity index (χ1v) is 7.79. The van der Waals surface area contributed by atoms with E-state index in [0.717, 1.165) is 35.9 Å². The van der Waals surface area contributed by atoms with E-state index in [0.29, 0.717) is 18.5 Å². The summed E-state index contributed by atoms with van der Waals surface area (Å²) in [5.41, 5.74) is 1.13. The summed E-state index contributed by atoms with van der Waals surface area (Å²) in [4.78, 5) is 4.44. The SMILES string of the molecule is c1cc(NC2CC2)c2c(OCC3CCCO3)nccc2c1. The van der Waals surface area contributed by atoms with Gasteiger partial charge in [-0.2, -0.15) is 0 Å². The van der Waals surface area contributed by atoms with Crippen LogP contribution in [0.4, 0.5) is 5.69 Å². The lowest BCUT2D eigenvalue weighted by Gasteiger charge is -2.15. The molecular formula is C17H20N2O2. The maximum atomic E-state index is 5.97. The minimum Gasteiger partial charge on any atom is -0.474 e. The Morgan fingerprint density at radius 1 is 1.24 bits per heavy atom. The highest BCUT2D eigenvalue weighted by atomic mass is 16.5. The molecule has 1 aliphatic carbocycles. The smallest absolute Gasteiger partial charge is 0.223 e. The van der Waals surface area contributed by atoms with Gasteiger partial charge < -0.3 is 14.8 Å². The number of rotatable bonds is 5. The number of pyridine rings is 1. The summed E-state index contributed by atoms with van der Waals surface area (Å²) in [5, 5.41) is 5.83. The Morgan fingerprint density at radius 2 is 2.19 bits per heavy atom. The third kappa shape index (κ3) is 2.81. The molecule has 2 heterocycles. The lowest BCUT2D eigenvalue weighted by Crippen LogP contribution is -2.17. The van der Waals surface area contributed by atoms with Gasteiger partial charge in [0.25, 0.3) is 0 Å². The molecule has 21 heavy (non-hydrogen) atoms. The van der Waals surface area contributed by atoms with Crippen LogP contribution in [0.2, 0.25) is 0 Å². The molecule has 0 spiro atoms. The molecule has 4 rings (SSSR count). The number of hydrogen-bond acceptors (Lipinski definition) is 4. The molecule has 1 atom stereocenters. The highest BCUT2D eigenvalue weighted by Crippen LogP contribution is 2.34. The van der Waals surface area contributed by atoms with Crippen LogP contribution >= 0.6 is 0 Å². The molecule has 2 aromatic rings. The summed E-state index contributed by atoms with van der Waals surface area (Å²) < 4.78 is 11.6. The molecule has 1 aromatic heterocycles. The van der Waals surface area contributed by atoms with Gasteiger partial charge >= 0.3 is 0 Å². The lowest BCUT2D eigenvalue weighted by atomic mass is 10.1. The van der Waals surface area contributed by atoms with Crippen LogP contribution in [0.25, 0.3) is 10.8 Å². The Balaban J connectivity index is 1.62. The van der Waals surface area contributed by atoms with Crippen molar-refractivity contribution in [2.45, 2.75) is 37.8 Å². The van der Waals surface area contributed by atoms with E-state index in [2.05, 4.69) is 28.5 Å². The van der Waals surface area contributed by atoms with Gasteiger partial charge in [-0.05, 0) is 43.2 Å². The van der Waals surface area contributed by atoms with Gasteiger partial charge in [-0.15, -0.1) is 0 Å². The molecule has 1 saturated carbocycles. The Kier molecular flexibility index (Phi) is 3.39. The average Bonchev–Trinajstić information content (AvgIpc) is 3.17. The van der Waals surface area contributed by atoms with Gasteiger partial charge in [0.05, 0.1) is 11.5 Å². The Bertz CT molecular complexity index is 628. The Morgan fingerprint density at radius 3 is 3.00 bits per heavy atom. The third-order valence-electron chi connectivity index (χ3n) is 4.12. The molecule has 110 valence electrons. The second-order valence-electron chi connectivity index (χ2n) is 5.88. The Labute approximate surface area is 124 Å². The van der Waals surface area contributed by atoms with Gasteiger partial charge in [0.1, 0.15) is 6.61 Å².